The summed E-state index contributed by atoms with van der Waals surface area (Å²) in [5.74, 6) is -1.90. The number of nitrogens with one attached hydrogen (secondary N) is 1. The SMILES string of the molecule is CCCNC(=O)[C@@H](C)N(Cc1c(Cl)cccc1Cl)C(=O)CN(c1ccc(F)c(Cl)c1)S(=O)(=O)c1ccccc1. The number of hydrogen-bond acceptors (Lipinski definition) is 4. The Bertz CT molecular complexity index is 1420. The van der Waals surface area contributed by atoms with Crippen molar-refractivity contribution in [3.63, 3.8) is 0 Å². The number of halogens is 4. The van der Waals surface area contributed by atoms with Gasteiger partial charge in [-0.05, 0) is 55.8 Å². The van der Waals surface area contributed by atoms with Crippen molar-refractivity contribution in [3.05, 3.63) is 93.2 Å². The summed E-state index contributed by atoms with van der Waals surface area (Å²) in [6.45, 7) is 2.92. The molecule has 0 heterocycles. The van der Waals surface area contributed by atoms with Gasteiger partial charge in [-0.15, -0.1) is 0 Å². The van der Waals surface area contributed by atoms with E-state index >= 15 is 0 Å². The maximum atomic E-state index is 13.9. The van der Waals surface area contributed by atoms with Gasteiger partial charge in [-0.25, -0.2) is 12.8 Å². The molecule has 0 aliphatic heterocycles. The third kappa shape index (κ3) is 7.42. The molecule has 12 heteroatoms. The van der Waals surface area contributed by atoms with Crippen LogP contribution >= 0.6 is 34.8 Å². The summed E-state index contributed by atoms with van der Waals surface area (Å²) in [6.07, 6.45) is 0.678. The van der Waals surface area contributed by atoms with Gasteiger partial charge in [0.15, 0.2) is 0 Å². The zero-order chi connectivity index (χ0) is 28.7. The molecule has 0 spiro atoms. The predicted molar refractivity (Wildman–Crippen MR) is 152 cm³/mol. The predicted octanol–water partition coefficient (Wildman–Crippen LogP) is 5.92. The van der Waals surface area contributed by atoms with Crippen molar-refractivity contribution >= 4 is 62.3 Å². The lowest BCUT2D eigenvalue weighted by molar-refractivity contribution is -0.139. The monoisotopic (exact) mass is 613 g/mol. The van der Waals surface area contributed by atoms with E-state index in [2.05, 4.69) is 5.32 Å². The Hall–Kier alpha value is -2.85. The lowest BCUT2D eigenvalue weighted by atomic mass is 10.1. The second-order valence-electron chi connectivity index (χ2n) is 8.61. The summed E-state index contributed by atoms with van der Waals surface area (Å²) in [5, 5.41) is 2.98. The van der Waals surface area contributed by atoms with Crippen molar-refractivity contribution in [2.45, 2.75) is 37.8 Å². The van der Waals surface area contributed by atoms with Gasteiger partial charge >= 0.3 is 0 Å². The van der Waals surface area contributed by atoms with Crippen LogP contribution in [0, 0.1) is 5.82 Å². The van der Waals surface area contributed by atoms with Crippen LogP contribution in [0.5, 0.6) is 0 Å². The van der Waals surface area contributed by atoms with E-state index in [1.54, 1.807) is 24.3 Å². The highest BCUT2D eigenvalue weighted by Gasteiger charge is 2.33. The van der Waals surface area contributed by atoms with Crippen molar-refractivity contribution in [1.29, 1.82) is 0 Å². The fraction of sp³-hybridized carbons (Fsp3) is 0.259. The standard InChI is InChI=1S/C27H27Cl3FN3O4S/c1-3-14-32-27(36)18(2)33(16-21-22(28)10-7-11-23(21)29)26(35)17-34(19-12-13-25(31)24(30)15-19)39(37,38)20-8-5-4-6-9-20/h4-13,15,18H,3,14,16-17H2,1-2H3,(H,32,36)/t18-/m1/s1. The highest BCUT2D eigenvalue weighted by molar-refractivity contribution is 7.92. The first-order valence-corrected chi connectivity index (χ1v) is 14.6. The molecule has 0 fully saturated rings. The number of rotatable bonds is 11. The van der Waals surface area contributed by atoms with Crippen molar-refractivity contribution in [2.24, 2.45) is 0 Å². The van der Waals surface area contributed by atoms with E-state index in [-0.39, 0.29) is 32.2 Å². The number of nitrogens with zero attached hydrogens (tertiary/aromatic N) is 2. The van der Waals surface area contributed by atoms with Gasteiger partial charge in [-0.2, -0.15) is 0 Å². The molecule has 3 aromatic rings. The minimum absolute atomic E-state index is 0.0302. The topological polar surface area (TPSA) is 86.8 Å². The van der Waals surface area contributed by atoms with Crippen molar-refractivity contribution < 1.29 is 22.4 Å². The summed E-state index contributed by atoms with van der Waals surface area (Å²) >= 11 is 18.7. The second kappa shape index (κ2) is 13.5. The third-order valence-electron chi connectivity index (χ3n) is 5.91. The molecule has 39 heavy (non-hydrogen) atoms. The zero-order valence-electron chi connectivity index (χ0n) is 21.2. The van der Waals surface area contributed by atoms with Gasteiger partial charge in [-0.3, -0.25) is 13.9 Å². The maximum absolute atomic E-state index is 13.9. The molecule has 0 aromatic heterocycles. The number of amides is 2. The van der Waals surface area contributed by atoms with Gasteiger partial charge in [0.05, 0.1) is 15.6 Å². The lowest BCUT2D eigenvalue weighted by Gasteiger charge is -2.32. The Kier molecular flexibility index (Phi) is 10.6. The van der Waals surface area contributed by atoms with Gasteiger partial charge in [0, 0.05) is 28.7 Å². The van der Waals surface area contributed by atoms with Gasteiger partial charge in [0.2, 0.25) is 11.8 Å². The highest BCUT2D eigenvalue weighted by Crippen LogP contribution is 2.30. The van der Waals surface area contributed by atoms with Gasteiger partial charge in [-0.1, -0.05) is 66.0 Å². The molecule has 208 valence electrons. The average molecular weight is 615 g/mol. The Labute approximate surface area is 242 Å². The number of hydrogen-bond donors (Lipinski definition) is 1. The van der Waals surface area contributed by atoms with E-state index in [0.29, 0.717) is 18.5 Å². The van der Waals surface area contributed by atoms with Crippen LogP contribution in [0.25, 0.3) is 0 Å². The van der Waals surface area contributed by atoms with Crippen molar-refractivity contribution in [1.82, 2.24) is 10.2 Å². The summed E-state index contributed by atoms with van der Waals surface area (Å²) in [5.41, 5.74) is 0.365. The molecule has 1 atom stereocenters. The number of anilines is 1. The first-order valence-electron chi connectivity index (χ1n) is 12.0. The average Bonchev–Trinajstić information content (AvgIpc) is 2.91. The molecule has 7 nitrogen and oxygen atoms in total. The van der Waals surface area contributed by atoms with E-state index in [1.165, 1.54) is 42.2 Å². The van der Waals surface area contributed by atoms with Gasteiger partial charge in [0.1, 0.15) is 18.4 Å². The van der Waals surface area contributed by atoms with E-state index < -0.39 is 40.2 Å². The normalized spacial score (nSPS) is 12.1. The molecule has 3 aromatic carbocycles. The van der Waals surface area contributed by atoms with Crippen LogP contribution in [0.3, 0.4) is 0 Å². The minimum atomic E-state index is -4.31. The smallest absolute Gasteiger partial charge is 0.264 e. The first kappa shape index (κ1) is 30.7. The first-order chi connectivity index (χ1) is 18.5. The van der Waals surface area contributed by atoms with Crippen molar-refractivity contribution in [3.8, 4) is 0 Å². The zero-order valence-corrected chi connectivity index (χ0v) is 24.3. The summed E-state index contributed by atoms with van der Waals surface area (Å²) < 4.78 is 42.2. The Morgan fingerprint density at radius 2 is 1.59 bits per heavy atom. The van der Waals surface area contributed by atoms with Crippen LogP contribution in [0.15, 0.2) is 71.6 Å². The molecule has 2 amide bonds. The molecule has 1 N–H and O–H groups in total. The van der Waals surface area contributed by atoms with Crippen LogP contribution < -0.4 is 9.62 Å². The van der Waals surface area contributed by atoms with Crippen LogP contribution in [-0.4, -0.2) is 44.3 Å². The molecule has 0 saturated heterocycles. The number of carbonyl (C=O) groups excluding carboxylic acids is 2. The Balaban J connectivity index is 2.07. The van der Waals surface area contributed by atoms with E-state index in [0.717, 1.165) is 16.4 Å². The Morgan fingerprint density at radius 1 is 0.949 bits per heavy atom. The van der Waals surface area contributed by atoms with Crippen LogP contribution in [-0.2, 0) is 26.2 Å². The van der Waals surface area contributed by atoms with E-state index in [1.807, 2.05) is 6.92 Å². The fourth-order valence-corrected chi connectivity index (χ4v) is 5.84. The van der Waals surface area contributed by atoms with E-state index in [9.17, 15) is 22.4 Å². The largest absolute Gasteiger partial charge is 0.354 e. The quantitative estimate of drug-likeness (QED) is 0.290. The van der Waals surface area contributed by atoms with Crippen LogP contribution in [0.1, 0.15) is 25.8 Å². The second-order valence-corrected chi connectivity index (χ2v) is 11.7. The third-order valence-corrected chi connectivity index (χ3v) is 8.69. The summed E-state index contributed by atoms with van der Waals surface area (Å²) in [4.78, 5) is 27.9. The van der Waals surface area contributed by atoms with Crippen molar-refractivity contribution in [2.75, 3.05) is 17.4 Å². The molecule has 0 saturated carbocycles. The molecular formula is C27H27Cl3FN3O4S. The van der Waals surface area contributed by atoms with Crippen LogP contribution in [0.2, 0.25) is 15.1 Å². The summed E-state index contributed by atoms with van der Waals surface area (Å²) in [7, 11) is -4.31. The highest BCUT2D eigenvalue weighted by atomic mass is 35.5. The number of benzene rings is 3. The van der Waals surface area contributed by atoms with Crippen LogP contribution in [0.4, 0.5) is 10.1 Å². The molecule has 0 aliphatic carbocycles. The molecule has 0 aliphatic rings. The number of carbonyl (C=O) groups is 2. The fourth-order valence-electron chi connectivity index (χ4n) is 3.72. The Morgan fingerprint density at radius 3 is 2.18 bits per heavy atom. The van der Waals surface area contributed by atoms with Gasteiger partial charge < -0.3 is 10.2 Å². The minimum Gasteiger partial charge on any atom is -0.354 e. The van der Waals surface area contributed by atoms with Gasteiger partial charge in [0.25, 0.3) is 10.0 Å². The number of sulfonamides is 1. The lowest BCUT2D eigenvalue weighted by Crippen LogP contribution is -2.51. The van der Waals surface area contributed by atoms with E-state index in [4.69, 9.17) is 34.8 Å². The maximum Gasteiger partial charge on any atom is 0.264 e. The summed E-state index contributed by atoms with van der Waals surface area (Å²) in [6, 6.07) is 14.7. The molecular weight excluding hydrogens is 588 g/mol. The molecule has 0 unspecified atom stereocenters. The molecule has 0 bridgehead atoms. The molecule has 3 rings (SSSR count). The molecule has 0 radical (unpaired) electrons.